The predicted octanol–water partition coefficient (Wildman–Crippen LogP) is 5.13. The molecule has 1 saturated heterocycles. The van der Waals surface area contributed by atoms with Crippen LogP contribution in [0.1, 0.15) is 67.3 Å². The van der Waals surface area contributed by atoms with Crippen molar-refractivity contribution in [3.8, 4) is 5.75 Å². The summed E-state index contributed by atoms with van der Waals surface area (Å²) in [5.74, 6) is 1.85. The average molecular weight is 610 g/mol. The van der Waals surface area contributed by atoms with Crippen LogP contribution in [0.25, 0.3) is 0 Å². The first-order valence-electron chi connectivity index (χ1n) is 16.4. The van der Waals surface area contributed by atoms with Crippen LogP contribution in [0, 0.1) is 5.41 Å². The molecule has 3 heterocycles. The lowest BCUT2D eigenvalue weighted by molar-refractivity contribution is -0.122. The molecule has 2 aromatic carbocycles. The summed E-state index contributed by atoms with van der Waals surface area (Å²) in [4.78, 5) is 42.8. The number of nitrogens with one attached hydrogen (secondary N) is 2. The molecule has 0 radical (unpaired) electrons. The van der Waals surface area contributed by atoms with Crippen LogP contribution in [0.15, 0.2) is 54.7 Å². The van der Waals surface area contributed by atoms with Gasteiger partial charge >= 0.3 is 0 Å². The number of benzene rings is 2. The fourth-order valence-corrected chi connectivity index (χ4v) is 7.25. The molecule has 10 nitrogen and oxygen atoms in total. The minimum Gasteiger partial charge on any atom is -0.495 e. The summed E-state index contributed by atoms with van der Waals surface area (Å²) in [6.07, 6.45) is 10.1. The fourth-order valence-electron chi connectivity index (χ4n) is 7.25. The number of hydrogen-bond acceptors (Lipinski definition) is 8. The van der Waals surface area contributed by atoms with Crippen molar-refractivity contribution >= 4 is 35.0 Å². The zero-order valence-corrected chi connectivity index (χ0v) is 26.3. The monoisotopic (exact) mass is 609 g/mol. The molecular weight excluding hydrogens is 566 g/mol. The minimum absolute atomic E-state index is 0.100. The van der Waals surface area contributed by atoms with Gasteiger partial charge in [-0.1, -0.05) is 43.2 Å². The smallest absolute Gasteiger partial charge is 0.251 e. The van der Waals surface area contributed by atoms with Crippen molar-refractivity contribution in [2.24, 2.45) is 5.41 Å². The van der Waals surface area contributed by atoms with Crippen LogP contribution in [-0.4, -0.2) is 72.6 Å². The number of hydrogen-bond donors (Lipinski definition) is 2. The lowest BCUT2D eigenvalue weighted by Gasteiger charge is -2.32. The van der Waals surface area contributed by atoms with Gasteiger partial charge in [-0.05, 0) is 62.3 Å². The summed E-state index contributed by atoms with van der Waals surface area (Å²) in [6, 6.07) is 16.5. The third-order valence-electron chi connectivity index (χ3n) is 10.1. The number of piperidine rings is 1. The van der Waals surface area contributed by atoms with Gasteiger partial charge in [-0.15, -0.1) is 0 Å². The van der Waals surface area contributed by atoms with Crippen molar-refractivity contribution in [1.29, 1.82) is 0 Å². The Bertz CT molecular complexity index is 1550. The van der Waals surface area contributed by atoms with Gasteiger partial charge in [0.25, 0.3) is 5.91 Å². The van der Waals surface area contributed by atoms with Gasteiger partial charge in [0.05, 0.1) is 24.4 Å². The molecule has 3 fully saturated rings. The van der Waals surface area contributed by atoms with Crippen molar-refractivity contribution in [1.82, 2.24) is 20.2 Å². The number of amides is 2. The van der Waals surface area contributed by atoms with Crippen LogP contribution < -0.4 is 25.2 Å². The molecule has 0 atom stereocenters. The Morgan fingerprint density at radius 1 is 1.04 bits per heavy atom. The number of ether oxygens (including phenoxy) is 1. The lowest BCUT2D eigenvalue weighted by atomic mass is 10.0. The second kappa shape index (κ2) is 12.3. The largest absolute Gasteiger partial charge is 0.495 e. The number of nitrogens with zero attached hydrogens (tertiary/aromatic N) is 5. The molecule has 236 valence electrons. The number of likely N-dealkylation sites (tertiary alicyclic amines) is 1. The molecule has 2 N–H and O–H groups in total. The normalized spacial score (nSPS) is 20.2. The number of carbonyl (C=O) groups is 2. The Hall–Kier alpha value is -4.18. The molecule has 0 bridgehead atoms. The minimum atomic E-state index is -0.301. The summed E-state index contributed by atoms with van der Waals surface area (Å²) in [7, 11) is 3.44. The highest BCUT2D eigenvalue weighted by Gasteiger charge is 2.55. The Balaban J connectivity index is 1.03. The summed E-state index contributed by atoms with van der Waals surface area (Å²) in [5, 5.41) is 6.55. The van der Waals surface area contributed by atoms with E-state index in [-0.39, 0.29) is 23.3 Å². The third kappa shape index (κ3) is 6.08. The number of carbonyl (C=O) groups excluding carboxylic acids is 2. The van der Waals surface area contributed by atoms with Crippen LogP contribution in [0.2, 0.25) is 0 Å². The molecule has 1 spiro atoms. The zero-order valence-electron chi connectivity index (χ0n) is 26.3. The van der Waals surface area contributed by atoms with E-state index in [0.29, 0.717) is 35.5 Å². The van der Waals surface area contributed by atoms with E-state index >= 15 is 0 Å². The highest BCUT2D eigenvalue weighted by Crippen LogP contribution is 2.52. The SMILES string of the molecule is COc1cc(C(=O)NC2CCN(Cc3ccccc3)CC2)ccc1Nc1ncc2c(n1)N(C1CCCC1)CC1(CC1)C(=O)N2C. The van der Waals surface area contributed by atoms with Crippen molar-refractivity contribution in [2.75, 3.05) is 48.9 Å². The van der Waals surface area contributed by atoms with E-state index < -0.39 is 0 Å². The Labute approximate surface area is 265 Å². The van der Waals surface area contributed by atoms with Gasteiger partial charge in [-0.2, -0.15) is 4.98 Å². The van der Waals surface area contributed by atoms with Crippen LogP contribution >= 0.6 is 0 Å². The van der Waals surface area contributed by atoms with Gasteiger partial charge in [0.15, 0.2) is 5.82 Å². The summed E-state index contributed by atoms with van der Waals surface area (Å²) in [6.45, 7) is 3.56. The molecule has 1 aromatic heterocycles. The van der Waals surface area contributed by atoms with Gasteiger partial charge < -0.3 is 25.2 Å². The molecule has 3 aromatic rings. The maximum absolute atomic E-state index is 13.4. The summed E-state index contributed by atoms with van der Waals surface area (Å²) < 4.78 is 5.70. The highest BCUT2D eigenvalue weighted by atomic mass is 16.5. The van der Waals surface area contributed by atoms with Crippen LogP contribution in [0.5, 0.6) is 5.75 Å². The van der Waals surface area contributed by atoms with Crippen molar-refractivity contribution < 1.29 is 14.3 Å². The van der Waals surface area contributed by atoms with E-state index in [2.05, 4.69) is 49.7 Å². The molecule has 7 rings (SSSR count). The zero-order chi connectivity index (χ0) is 31.0. The number of fused-ring (bicyclic) bond motifs is 1. The summed E-state index contributed by atoms with van der Waals surface area (Å²) in [5.41, 5.74) is 3.00. The number of aromatic nitrogens is 2. The molecule has 45 heavy (non-hydrogen) atoms. The van der Waals surface area contributed by atoms with Crippen LogP contribution in [0.4, 0.5) is 23.1 Å². The van der Waals surface area contributed by atoms with E-state index in [9.17, 15) is 9.59 Å². The molecule has 2 saturated carbocycles. The highest BCUT2D eigenvalue weighted by molar-refractivity contribution is 6.03. The third-order valence-corrected chi connectivity index (χ3v) is 10.1. The maximum Gasteiger partial charge on any atom is 0.251 e. The molecule has 10 heteroatoms. The van der Waals surface area contributed by atoms with Gasteiger partial charge in [0.2, 0.25) is 11.9 Å². The molecular formula is C35H43N7O3. The van der Waals surface area contributed by atoms with Gasteiger partial charge in [0.1, 0.15) is 11.4 Å². The Morgan fingerprint density at radius 2 is 1.80 bits per heavy atom. The van der Waals surface area contributed by atoms with E-state index in [0.717, 1.165) is 69.7 Å². The van der Waals surface area contributed by atoms with E-state index in [1.165, 1.54) is 18.4 Å². The standard InChI is InChI=1S/C35H43N7O3/c1-40-29-21-36-34(39-31(29)42(27-10-6-7-11-27)23-35(16-17-35)33(40)44)38-28-13-12-25(20-30(28)45-2)32(43)37-26-14-18-41(19-15-26)22-24-8-4-3-5-9-24/h3-5,8-9,12-13,20-21,26-27H,6-7,10-11,14-19,22-23H2,1-2H3,(H,37,43)(H,36,38,39). The second-order valence-corrected chi connectivity index (χ2v) is 13.2. The van der Waals surface area contributed by atoms with Gasteiger partial charge in [-0.3, -0.25) is 14.5 Å². The maximum atomic E-state index is 13.4. The first-order chi connectivity index (χ1) is 21.9. The van der Waals surface area contributed by atoms with E-state index in [4.69, 9.17) is 9.72 Å². The van der Waals surface area contributed by atoms with E-state index in [1.807, 2.05) is 25.2 Å². The number of rotatable bonds is 8. The predicted molar refractivity (Wildman–Crippen MR) is 175 cm³/mol. The lowest BCUT2D eigenvalue weighted by Crippen LogP contribution is -2.44. The van der Waals surface area contributed by atoms with Gasteiger partial charge in [0, 0.05) is 50.9 Å². The van der Waals surface area contributed by atoms with Crippen LogP contribution in [0.3, 0.4) is 0 Å². The average Bonchev–Trinajstić information content (AvgIpc) is 3.67. The number of methoxy groups -OCH3 is 1. The van der Waals surface area contributed by atoms with Crippen molar-refractivity contribution in [2.45, 2.75) is 70.0 Å². The number of anilines is 4. The fraction of sp³-hybridized carbons (Fsp3) is 0.486. The van der Waals surface area contributed by atoms with Crippen molar-refractivity contribution in [3.63, 3.8) is 0 Å². The Kier molecular flexibility index (Phi) is 8.08. The molecule has 0 unspecified atom stereocenters. The topological polar surface area (TPSA) is 103 Å². The second-order valence-electron chi connectivity index (χ2n) is 13.2. The first-order valence-corrected chi connectivity index (χ1v) is 16.4. The molecule has 2 amide bonds. The molecule has 2 aliphatic carbocycles. The molecule has 4 aliphatic rings. The Morgan fingerprint density at radius 3 is 2.51 bits per heavy atom. The van der Waals surface area contributed by atoms with Crippen molar-refractivity contribution in [3.05, 3.63) is 65.9 Å². The summed E-state index contributed by atoms with van der Waals surface area (Å²) >= 11 is 0. The quantitative estimate of drug-likeness (QED) is 0.363. The molecule has 2 aliphatic heterocycles. The van der Waals surface area contributed by atoms with Crippen LogP contribution in [-0.2, 0) is 11.3 Å². The van der Waals surface area contributed by atoms with Gasteiger partial charge in [-0.25, -0.2) is 4.98 Å². The van der Waals surface area contributed by atoms with E-state index in [1.54, 1.807) is 24.3 Å². The first kappa shape index (κ1) is 29.5.